The summed E-state index contributed by atoms with van der Waals surface area (Å²) in [7, 11) is 0. The van der Waals surface area contributed by atoms with Crippen LogP contribution in [0.5, 0.6) is 5.75 Å². The lowest BCUT2D eigenvalue weighted by molar-refractivity contribution is 0.163. The predicted octanol–water partition coefficient (Wildman–Crippen LogP) is 16.9. The molecule has 3 heteroatoms. The maximum atomic E-state index is 7.78. The highest BCUT2D eigenvalue weighted by Gasteiger charge is 2.51. The Balaban J connectivity index is 1.23. The lowest BCUT2D eigenvalue weighted by Crippen LogP contribution is -2.36. The summed E-state index contributed by atoms with van der Waals surface area (Å²) in [4.78, 5) is 2.39. The first kappa shape index (κ1) is 40.8. The van der Waals surface area contributed by atoms with Gasteiger partial charge in [-0.25, -0.2) is 0 Å². The van der Waals surface area contributed by atoms with Gasteiger partial charge in [-0.2, -0.15) is 0 Å². The van der Waals surface area contributed by atoms with E-state index in [0.29, 0.717) is 0 Å². The first-order valence-electron chi connectivity index (χ1n) is 23.1. The third kappa shape index (κ3) is 6.92. The molecule has 0 radical (unpaired) electrons. The molecular weight excluding hydrogens is 855 g/mol. The summed E-state index contributed by atoms with van der Waals surface area (Å²) in [6, 6.07) is 77.7. The van der Waals surface area contributed by atoms with E-state index in [9.17, 15) is 0 Å². The predicted molar refractivity (Wildman–Crippen MR) is 275 cm³/mol. The fraction of sp³-hybridized carbons (Fsp3) is 0.129. The largest absolute Gasteiger partial charge is 0.472 e. The number of nitrogens with zero attached hydrogens (tertiary/aromatic N) is 1. The summed E-state index contributed by atoms with van der Waals surface area (Å²) < 4.78 is 8.81. The van der Waals surface area contributed by atoms with E-state index in [1.165, 1.54) is 70.0 Å². The minimum absolute atomic E-state index is 0.714. The second kappa shape index (κ2) is 17.2. The molecule has 0 N–H and O–H groups in total. The van der Waals surface area contributed by atoms with Gasteiger partial charge in [-0.05, 0) is 112 Å². The number of benzene rings is 9. The van der Waals surface area contributed by atoms with Crippen LogP contribution in [0, 0.1) is 0 Å². The number of ether oxygens (including phenoxy) is 1. The number of anilines is 3. The Kier molecular flexibility index (Phi) is 10.8. The zero-order valence-electron chi connectivity index (χ0n) is 36.6. The van der Waals surface area contributed by atoms with E-state index in [2.05, 4.69) is 252 Å². The van der Waals surface area contributed by atoms with E-state index in [1.807, 2.05) is 0 Å². The van der Waals surface area contributed by atoms with Crippen molar-refractivity contribution in [3.05, 3.63) is 267 Å². The molecule has 2 nitrogen and oxygen atoms in total. The van der Waals surface area contributed by atoms with Gasteiger partial charge in [0.05, 0.1) is 5.41 Å². The highest BCUT2D eigenvalue weighted by Crippen LogP contribution is 2.63. The van der Waals surface area contributed by atoms with E-state index in [4.69, 9.17) is 4.74 Å². The molecule has 1 aliphatic carbocycles. The minimum atomic E-state index is -0.870. The molecule has 2 aliphatic rings. The highest BCUT2D eigenvalue weighted by atomic mass is 79.9. The Morgan fingerprint density at radius 2 is 1.06 bits per heavy atom. The van der Waals surface area contributed by atoms with Crippen LogP contribution in [0.15, 0.2) is 223 Å². The average Bonchev–Trinajstić information content (AvgIpc) is 3.68. The third-order valence-corrected chi connectivity index (χ3v) is 14.2. The summed E-state index contributed by atoms with van der Waals surface area (Å²) >= 11 is 3.71. The molecule has 1 aliphatic heterocycles. The van der Waals surface area contributed by atoms with Gasteiger partial charge in [0.15, 0.2) is 5.60 Å². The number of fused-ring (bicyclic) bond motifs is 8. The van der Waals surface area contributed by atoms with Crippen molar-refractivity contribution in [2.75, 3.05) is 4.90 Å². The second-order valence-electron chi connectivity index (χ2n) is 17.4. The van der Waals surface area contributed by atoms with Gasteiger partial charge in [0.25, 0.3) is 0 Å². The van der Waals surface area contributed by atoms with E-state index in [-0.39, 0.29) is 0 Å². The van der Waals surface area contributed by atoms with Gasteiger partial charge in [0.2, 0.25) is 0 Å². The normalized spacial score (nSPS) is 17.0. The zero-order valence-corrected chi connectivity index (χ0v) is 38.2. The zero-order chi connectivity index (χ0) is 43.8. The maximum Gasteiger partial charge on any atom is 0.178 e. The number of rotatable bonds is 12. The molecular formula is C62H50BrNO. The summed E-state index contributed by atoms with van der Waals surface area (Å²) in [5.41, 5.74) is 13.8. The molecule has 316 valence electrons. The van der Waals surface area contributed by atoms with Crippen LogP contribution in [0.25, 0.3) is 28.0 Å². The fourth-order valence-electron chi connectivity index (χ4n) is 10.7. The fourth-order valence-corrected chi connectivity index (χ4v) is 11.0. The Labute approximate surface area is 391 Å². The molecule has 11 rings (SSSR count). The SMILES string of the molecule is CCCCCCc1ccc(C2(c3ccccc3)c3cc(N(c4ccccc4)c4ccccc4)ccc3-c3c2c2c(c4ccccc34)OC(c3ccccc3)(c3ccc(Br)cc3)C=C2)cc1. The van der Waals surface area contributed by atoms with Crippen LogP contribution in [0.3, 0.4) is 0 Å². The van der Waals surface area contributed by atoms with Crippen molar-refractivity contribution in [3.8, 4) is 16.9 Å². The number of halogens is 1. The first-order chi connectivity index (χ1) is 32.1. The summed E-state index contributed by atoms with van der Waals surface area (Å²) in [6.45, 7) is 2.28. The molecule has 0 saturated carbocycles. The van der Waals surface area contributed by atoms with Crippen molar-refractivity contribution in [2.45, 2.75) is 50.0 Å². The number of para-hydroxylation sites is 2. The average molecular weight is 905 g/mol. The van der Waals surface area contributed by atoms with Gasteiger partial charge < -0.3 is 9.64 Å². The van der Waals surface area contributed by atoms with Crippen LogP contribution >= 0.6 is 15.9 Å². The minimum Gasteiger partial charge on any atom is -0.472 e. The molecule has 1 heterocycles. The summed E-state index contributed by atoms with van der Waals surface area (Å²) in [5.74, 6) is 0.893. The smallest absolute Gasteiger partial charge is 0.178 e. The molecule has 2 atom stereocenters. The van der Waals surface area contributed by atoms with Gasteiger partial charge in [0.1, 0.15) is 5.75 Å². The first-order valence-corrected chi connectivity index (χ1v) is 23.9. The van der Waals surface area contributed by atoms with Crippen molar-refractivity contribution in [3.63, 3.8) is 0 Å². The van der Waals surface area contributed by atoms with Crippen molar-refractivity contribution in [2.24, 2.45) is 0 Å². The Morgan fingerprint density at radius 1 is 0.508 bits per heavy atom. The second-order valence-corrected chi connectivity index (χ2v) is 18.4. The Hall–Kier alpha value is -6.94. The summed E-state index contributed by atoms with van der Waals surface area (Å²) in [5, 5.41) is 2.27. The molecule has 9 aromatic carbocycles. The maximum absolute atomic E-state index is 7.78. The quantitative estimate of drug-likeness (QED) is 0.113. The number of aryl methyl sites for hydroxylation is 1. The van der Waals surface area contributed by atoms with Crippen molar-refractivity contribution in [1.29, 1.82) is 0 Å². The Bertz CT molecular complexity index is 3110. The van der Waals surface area contributed by atoms with Crippen LogP contribution < -0.4 is 9.64 Å². The standard InChI is InChI=1S/C62H50BrNO/c1-2-3-4-9-20-44-31-33-48(34-32-44)62(47-23-12-6-13-24-47)57-43-52(64(50-25-14-7-15-26-50)51-27-16-8-17-28-51)39-40-55(57)58-53-29-18-19-30-54(53)60-56(59(58)62)41-42-61(65-60,45-21-10-5-11-22-45)46-35-37-49(63)38-36-46/h5-8,10-19,21-43H,2-4,9,20H2,1H3. The van der Waals surface area contributed by atoms with E-state index in [0.717, 1.165) is 55.8 Å². The molecule has 0 spiro atoms. The van der Waals surface area contributed by atoms with E-state index < -0.39 is 11.0 Å². The van der Waals surface area contributed by atoms with Gasteiger partial charge in [-0.1, -0.05) is 212 Å². The lowest BCUT2D eigenvalue weighted by atomic mass is 9.65. The molecule has 2 unspecified atom stereocenters. The van der Waals surface area contributed by atoms with Crippen LogP contribution in [0.2, 0.25) is 0 Å². The van der Waals surface area contributed by atoms with Gasteiger partial charge in [0, 0.05) is 43.6 Å². The summed E-state index contributed by atoms with van der Waals surface area (Å²) in [6.07, 6.45) is 10.7. The molecule has 65 heavy (non-hydrogen) atoms. The molecule has 0 amide bonds. The van der Waals surface area contributed by atoms with Crippen LogP contribution in [0.4, 0.5) is 17.1 Å². The molecule has 0 aromatic heterocycles. The van der Waals surface area contributed by atoms with Crippen LogP contribution in [-0.2, 0) is 17.4 Å². The van der Waals surface area contributed by atoms with Gasteiger partial charge >= 0.3 is 0 Å². The van der Waals surface area contributed by atoms with Gasteiger partial charge in [-0.15, -0.1) is 0 Å². The highest BCUT2D eigenvalue weighted by molar-refractivity contribution is 9.10. The Morgan fingerprint density at radius 3 is 1.71 bits per heavy atom. The van der Waals surface area contributed by atoms with Crippen LogP contribution in [-0.4, -0.2) is 0 Å². The number of unbranched alkanes of at least 4 members (excludes halogenated alkanes) is 3. The van der Waals surface area contributed by atoms with Crippen molar-refractivity contribution in [1.82, 2.24) is 0 Å². The van der Waals surface area contributed by atoms with E-state index in [1.54, 1.807) is 0 Å². The number of hydrogen-bond donors (Lipinski definition) is 0. The van der Waals surface area contributed by atoms with Crippen LogP contribution in [0.1, 0.15) is 77.1 Å². The molecule has 0 bridgehead atoms. The van der Waals surface area contributed by atoms with Crippen molar-refractivity contribution >= 4 is 49.8 Å². The lowest BCUT2D eigenvalue weighted by Gasteiger charge is -2.40. The monoisotopic (exact) mass is 903 g/mol. The molecule has 9 aromatic rings. The topological polar surface area (TPSA) is 12.5 Å². The number of hydrogen-bond acceptors (Lipinski definition) is 2. The van der Waals surface area contributed by atoms with E-state index >= 15 is 0 Å². The third-order valence-electron chi connectivity index (χ3n) is 13.7. The van der Waals surface area contributed by atoms with Crippen molar-refractivity contribution < 1.29 is 4.74 Å². The molecule has 0 fully saturated rings. The molecule has 0 saturated heterocycles. The van der Waals surface area contributed by atoms with Gasteiger partial charge in [-0.3, -0.25) is 0 Å².